The maximum absolute atomic E-state index is 13.6. The Hall–Kier alpha value is -1.72. The molecule has 22 heavy (non-hydrogen) atoms. The standard InChI is InChI=1S/C17H20FNO2S/c1-3-17(14-10-8-13(2)9-11-14)19-22(20,21)12-15-6-4-5-7-16(15)18/h4-11,17,19H,3,12H2,1-2H3/t17-/m0/s1. The topological polar surface area (TPSA) is 46.2 Å². The highest BCUT2D eigenvalue weighted by molar-refractivity contribution is 7.88. The lowest BCUT2D eigenvalue weighted by Crippen LogP contribution is -2.29. The van der Waals surface area contributed by atoms with E-state index < -0.39 is 15.8 Å². The van der Waals surface area contributed by atoms with Gasteiger partial charge in [0.05, 0.1) is 5.75 Å². The molecule has 0 bridgehead atoms. The molecule has 0 fully saturated rings. The highest BCUT2D eigenvalue weighted by atomic mass is 32.2. The van der Waals surface area contributed by atoms with E-state index in [-0.39, 0.29) is 17.4 Å². The Morgan fingerprint density at radius 1 is 1.09 bits per heavy atom. The number of halogens is 1. The SMILES string of the molecule is CC[C@H](NS(=O)(=O)Cc1ccccc1F)c1ccc(C)cc1. The minimum absolute atomic E-state index is 0.175. The number of hydrogen-bond donors (Lipinski definition) is 1. The van der Waals surface area contributed by atoms with Crippen LogP contribution in [0.5, 0.6) is 0 Å². The summed E-state index contributed by atoms with van der Waals surface area (Å²) < 4.78 is 40.8. The van der Waals surface area contributed by atoms with Crippen LogP contribution in [0.2, 0.25) is 0 Å². The van der Waals surface area contributed by atoms with E-state index in [0.29, 0.717) is 6.42 Å². The molecule has 0 heterocycles. The number of sulfonamides is 1. The van der Waals surface area contributed by atoms with E-state index in [1.54, 1.807) is 12.1 Å². The second-order valence-electron chi connectivity index (χ2n) is 5.34. The lowest BCUT2D eigenvalue weighted by atomic mass is 10.0. The third-order valence-corrected chi connectivity index (χ3v) is 4.85. The van der Waals surface area contributed by atoms with E-state index in [1.807, 2.05) is 38.1 Å². The third-order valence-electron chi connectivity index (χ3n) is 3.51. The average molecular weight is 321 g/mol. The summed E-state index contributed by atoms with van der Waals surface area (Å²) >= 11 is 0. The molecule has 3 nitrogen and oxygen atoms in total. The first kappa shape index (κ1) is 16.6. The maximum Gasteiger partial charge on any atom is 0.216 e. The van der Waals surface area contributed by atoms with Crippen molar-refractivity contribution in [2.24, 2.45) is 0 Å². The number of hydrogen-bond acceptors (Lipinski definition) is 2. The smallest absolute Gasteiger partial charge is 0.212 e. The quantitative estimate of drug-likeness (QED) is 0.881. The summed E-state index contributed by atoms with van der Waals surface area (Å²) in [6.07, 6.45) is 0.625. The fourth-order valence-electron chi connectivity index (χ4n) is 2.26. The summed E-state index contributed by atoms with van der Waals surface area (Å²) in [6, 6.07) is 13.3. The van der Waals surface area contributed by atoms with E-state index in [4.69, 9.17) is 0 Å². The van der Waals surface area contributed by atoms with Gasteiger partial charge in [0.25, 0.3) is 0 Å². The zero-order valence-corrected chi connectivity index (χ0v) is 13.5. The second kappa shape index (κ2) is 7.03. The summed E-state index contributed by atoms with van der Waals surface area (Å²) in [6.45, 7) is 3.89. The molecule has 2 rings (SSSR count). The predicted molar refractivity (Wildman–Crippen MR) is 86.4 cm³/mol. The number of rotatable bonds is 6. The van der Waals surface area contributed by atoms with Crippen molar-refractivity contribution in [2.75, 3.05) is 0 Å². The van der Waals surface area contributed by atoms with Gasteiger partial charge in [-0.1, -0.05) is 55.0 Å². The lowest BCUT2D eigenvalue weighted by Gasteiger charge is -2.18. The third kappa shape index (κ3) is 4.39. The Morgan fingerprint density at radius 2 is 1.73 bits per heavy atom. The fraction of sp³-hybridized carbons (Fsp3) is 0.294. The van der Waals surface area contributed by atoms with Crippen LogP contribution >= 0.6 is 0 Å². The molecule has 0 unspecified atom stereocenters. The first-order valence-corrected chi connectivity index (χ1v) is 8.86. The molecule has 1 atom stereocenters. The van der Waals surface area contributed by atoms with Gasteiger partial charge in [0.15, 0.2) is 0 Å². The van der Waals surface area contributed by atoms with Crippen LogP contribution in [0.15, 0.2) is 48.5 Å². The van der Waals surface area contributed by atoms with Gasteiger partial charge in [0.1, 0.15) is 5.82 Å². The first-order valence-electron chi connectivity index (χ1n) is 7.21. The summed E-state index contributed by atoms with van der Waals surface area (Å²) in [4.78, 5) is 0. The largest absolute Gasteiger partial charge is 0.216 e. The molecule has 0 aliphatic heterocycles. The zero-order valence-electron chi connectivity index (χ0n) is 12.7. The van der Waals surface area contributed by atoms with Crippen molar-refractivity contribution < 1.29 is 12.8 Å². The fourth-order valence-corrected chi connectivity index (χ4v) is 3.73. The van der Waals surface area contributed by atoms with Crippen LogP contribution in [0.25, 0.3) is 0 Å². The van der Waals surface area contributed by atoms with Gasteiger partial charge in [-0.3, -0.25) is 0 Å². The molecular weight excluding hydrogens is 301 g/mol. The molecule has 118 valence electrons. The van der Waals surface area contributed by atoms with Crippen molar-refractivity contribution in [3.63, 3.8) is 0 Å². The van der Waals surface area contributed by atoms with E-state index in [9.17, 15) is 12.8 Å². The average Bonchev–Trinajstić information content (AvgIpc) is 2.48. The van der Waals surface area contributed by atoms with Crippen molar-refractivity contribution in [1.29, 1.82) is 0 Å². The Kier molecular flexibility index (Phi) is 5.32. The second-order valence-corrected chi connectivity index (χ2v) is 7.09. The Bertz CT molecular complexity index is 727. The lowest BCUT2D eigenvalue weighted by molar-refractivity contribution is 0.546. The van der Waals surface area contributed by atoms with E-state index >= 15 is 0 Å². The number of benzene rings is 2. The molecule has 0 aliphatic carbocycles. The van der Waals surface area contributed by atoms with Crippen molar-refractivity contribution >= 4 is 10.0 Å². The molecular formula is C17H20FNO2S. The van der Waals surface area contributed by atoms with Gasteiger partial charge >= 0.3 is 0 Å². The van der Waals surface area contributed by atoms with E-state index in [1.165, 1.54) is 12.1 Å². The van der Waals surface area contributed by atoms with Gasteiger partial charge in [-0.2, -0.15) is 0 Å². The van der Waals surface area contributed by atoms with Gasteiger partial charge < -0.3 is 0 Å². The molecule has 0 saturated heterocycles. The summed E-state index contributed by atoms with van der Waals surface area (Å²) in [7, 11) is -3.62. The molecule has 0 aromatic heterocycles. The Morgan fingerprint density at radius 3 is 2.32 bits per heavy atom. The molecule has 5 heteroatoms. The Balaban J connectivity index is 2.16. The maximum atomic E-state index is 13.6. The number of nitrogens with one attached hydrogen (secondary N) is 1. The van der Waals surface area contributed by atoms with Gasteiger partial charge in [-0.05, 0) is 25.0 Å². The highest BCUT2D eigenvalue weighted by Crippen LogP contribution is 2.19. The Labute approximate surface area is 131 Å². The molecule has 2 aromatic carbocycles. The van der Waals surface area contributed by atoms with Crippen molar-refractivity contribution in [1.82, 2.24) is 4.72 Å². The van der Waals surface area contributed by atoms with Gasteiger partial charge in [-0.25, -0.2) is 17.5 Å². The molecule has 0 radical (unpaired) electrons. The predicted octanol–water partition coefficient (Wildman–Crippen LogP) is 3.70. The van der Waals surface area contributed by atoms with Crippen molar-refractivity contribution in [3.8, 4) is 0 Å². The molecule has 0 spiro atoms. The van der Waals surface area contributed by atoms with Crippen LogP contribution in [0, 0.1) is 12.7 Å². The summed E-state index contributed by atoms with van der Waals surface area (Å²) in [5.41, 5.74) is 2.20. The first-order chi connectivity index (χ1) is 10.4. The van der Waals surface area contributed by atoms with Gasteiger partial charge in [-0.15, -0.1) is 0 Å². The summed E-state index contributed by atoms with van der Waals surface area (Å²) in [5, 5.41) is 0. The van der Waals surface area contributed by atoms with Gasteiger partial charge in [0.2, 0.25) is 10.0 Å². The van der Waals surface area contributed by atoms with Gasteiger partial charge in [0, 0.05) is 11.6 Å². The van der Waals surface area contributed by atoms with Crippen LogP contribution in [0.1, 0.15) is 36.1 Å². The molecule has 0 saturated carbocycles. The van der Waals surface area contributed by atoms with Crippen LogP contribution in [0.3, 0.4) is 0 Å². The minimum atomic E-state index is -3.62. The molecule has 1 N–H and O–H groups in total. The van der Waals surface area contributed by atoms with E-state index in [0.717, 1.165) is 11.1 Å². The van der Waals surface area contributed by atoms with Crippen LogP contribution in [-0.4, -0.2) is 8.42 Å². The normalized spacial score (nSPS) is 13.0. The van der Waals surface area contributed by atoms with Crippen molar-refractivity contribution in [3.05, 3.63) is 71.0 Å². The highest BCUT2D eigenvalue weighted by Gasteiger charge is 2.20. The van der Waals surface area contributed by atoms with Crippen LogP contribution in [-0.2, 0) is 15.8 Å². The van der Waals surface area contributed by atoms with Crippen molar-refractivity contribution in [2.45, 2.75) is 32.1 Å². The molecule has 0 aliphatic rings. The van der Waals surface area contributed by atoms with Crippen LogP contribution < -0.4 is 4.72 Å². The van der Waals surface area contributed by atoms with Crippen LogP contribution in [0.4, 0.5) is 4.39 Å². The monoisotopic (exact) mass is 321 g/mol. The zero-order chi connectivity index (χ0) is 16.2. The summed E-state index contributed by atoms with van der Waals surface area (Å²) in [5.74, 6) is -0.863. The number of aryl methyl sites for hydroxylation is 1. The minimum Gasteiger partial charge on any atom is -0.212 e. The molecule has 0 amide bonds. The molecule has 2 aromatic rings. The van der Waals surface area contributed by atoms with E-state index in [2.05, 4.69) is 4.72 Å².